The fourth-order valence-corrected chi connectivity index (χ4v) is 2.53. The van der Waals surface area contributed by atoms with Crippen molar-refractivity contribution in [2.45, 2.75) is 10.6 Å². The molecule has 2 aromatic rings. The van der Waals surface area contributed by atoms with Crippen molar-refractivity contribution in [1.82, 2.24) is 0 Å². The molecule has 3 N–H and O–H groups in total. The maximum Gasteiger partial charge on any atom is 0.137 e. The first-order chi connectivity index (χ1) is 9.06. The Kier molecular flexibility index (Phi) is 4.45. The van der Waals surface area contributed by atoms with Crippen molar-refractivity contribution < 1.29 is 4.39 Å². The highest BCUT2D eigenvalue weighted by atomic mass is 35.5. The lowest BCUT2D eigenvalue weighted by Crippen LogP contribution is -2.11. The summed E-state index contributed by atoms with van der Waals surface area (Å²) in [6.07, 6.45) is 0. The van der Waals surface area contributed by atoms with Gasteiger partial charge in [-0.2, -0.15) is 0 Å². The van der Waals surface area contributed by atoms with Crippen LogP contribution in [0.1, 0.15) is 11.1 Å². The van der Waals surface area contributed by atoms with Crippen LogP contribution in [0.3, 0.4) is 0 Å². The fraction of sp³-hybridized carbons (Fsp3) is 0.0714. The molecule has 2 aromatic carbocycles. The zero-order valence-corrected chi connectivity index (χ0v) is 11.6. The van der Waals surface area contributed by atoms with Crippen molar-refractivity contribution in [3.63, 3.8) is 0 Å². The molecule has 19 heavy (non-hydrogen) atoms. The monoisotopic (exact) mass is 294 g/mol. The van der Waals surface area contributed by atoms with Gasteiger partial charge < -0.3 is 5.73 Å². The maximum atomic E-state index is 13.8. The molecule has 0 bridgehead atoms. The number of amidine groups is 1. The van der Waals surface area contributed by atoms with Gasteiger partial charge in [0.25, 0.3) is 0 Å². The minimum atomic E-state index is -0.355. The quantitative estimate of drug-likeness (QED) is 0.507. The Hall–Kier alpha value is -1.52. The average molecular weight is 295 g/mol. The van der Waals surface area contributed by atoms with Crippen LogP contribution in [0, 0.1) is 11.2 Å². The molecule has 0 saturated heterocycles. The van der Waals surface area contributed by atoms with E-state index in [0.717, 1.165) is 5.56 Å². The molecule has 0 aliphatic heterocycles. The van der Waals surface area contributed by atoms with Crippen LogP contribution < -0.4 is 5.73 Å². The number of thioether (sulfide) groups is 1. The summed E-state index contributed by atoms with van der Waals surface area (Å²) >= 11 is 7.20. The molecule has 0 fully saturated rings. The molecular weight excluding hydrogens is 283 g/mol. The van der Waals surface area contributed by atoms with Crippen molar-refractivity contribution in [3.8, 4) is 0 Å². The lowest BCUT2D eigenvalue weighted by Gasteiger charge is -2.05. The Morgan fingerprint density at radius 2 is 1.89 bits per heavy atom. The topological polar surface area (TPSA) is 49.9 Å². The van der Waals surface area contributed by atoms with Crippen LogP contribution in [0.25, 0.3) is 0 Å². The number of nitrogens with two attached hydrogens (primary N) is 1. The number of rotatable bonds is 4. The van der Waals surface area contributed by atoms with E-state index in [0.29, 0.717) is 21.2 Å². The molecule has 0 amide bonds. The standard InChI is InChI=1S/C14H12ClFN2S/c15-11-4-1-9(2-5-11)8-19-13-6-3-10(14(17)18)7-12(13)16/h1-7H,8H2,(H3,17,18). The molecule has 0 atom stereocenters. The molecular formula is C14H12ClFN2S. The van der Waals surface area contributed by atoms with Gasteiger partial charge in [-0.1, -0.05) is 23.7 Å². The number of nitrogen functional groups attached to an aromatic ring is 1. The van der Waals surface area contributed by atoms with E-state index in [9.17, 15) is 4.39 Å². The molecule has 98 valence electrons. The number of nitrogens with one attached hydrogen (secondary N) is 1. The van der Waals surface area contributed by atoms with Crippen molar-refractivity contribution >= 4 is 29.2 Å². The lowest BCUT2D eigenvalue weighted by atomic mass is 10.2. The lowest BCUT2D eigenvalue weighted by molar-refractivity contribution is 0.601. The molecule has 0 aromatic heterocycles. The van der Waals surface area contributed by atoms with Crippen LogP contribution >= 0.6 is 23.4 Å². The second-order valence-corrected chi connectivity index (χ2v) is 5.43. The second kappa shape index (κ2) is 6.08. The number of hydrogen-bond acceptors (Lipinski definition) is 2. The fourth-order valence-electron chi connectivity index (χ4n) is 1.53. The van der Waals surface area contributed by atoms with Gasteiger partial charge in [0.2, 0.25) is 0 Å². The van der Waals surface area contributed by atoms with E-state index in [2.05, 4.69) is 0 Å². The SMILES string of the molecule is N=C(N)c1ccc(SCc2ccc(Cl)cc2)c(F)c1. The predicted octanol–water partition coefficient (Wildman–Crippen LogP) is 4.06. The van der Waals surface area contributed by atoms with Gasteiger partial charge in [0.15, 0.2) is 0 Å². The molecule has 0 aliphatic rings. The van der Waals surface area contributed by atoms with Gasteiger partial charge in [0.05, 0.1) is 0 Å². The highest BCUT2D eigenvalue weighted by molar-refractivity contribution is 7.98. The van der Waals surface area contributed by atoms with Gasteiger partial charge >= 0.3 is 0 Å². The predicted molar refractivity (Wildman–Crippen MR) is 78.4 cm³/mol. The minimum Gasteiger partial charge on any atom is -0.384 e. The van der Waals surface area contributed by atoms with Gasteiger partial charge in [0, 0.05) is 21.2 Å². The number of halogens is 2. The maximum absolute atomic E-state index is 13.8. The molecule has 0 radical (unpaired) electrons. The molecule has 5 heteroatoms. The van der Waals surface area contributed by atoms with E-state index < -0.39 is 0 Å². The van der Waals surface area contributed by atoms with Gasteiger partial charge in [-0.25, -0.2) is 4.39 Å². The Labute approximate surface area is 120 Å². The summed E-state index contributed by atoms with van der Waals surface area (Å²) in [4.78, 5) is 0.542. The summed E-state index contributed by atoms with van der Waals surface area (Å²) in [5, 5.41) is 7.94. The van der Waals surface area contributed by atoms with E-state index in [4.69, 9.17) is 22.7 Å². The Bertz CT molecular complexity index is 599. The number of hydrogen-bond donors (Lipinski definition) is 2. The van der Waals surface area contributed by atoms with Crippen LogP contribution in [0.5, 0.6) is 0 Å². The summed E-state index contributed by atoms with van der Waals surface area (Å²) in [5.41, 5.74) is 6.78. The van der Waals surface area contributed by atoms with Gasteiger partial charge in [-0.15, -0.1) is 11.8 Å². The van der Waals surface area contributed by atoms with Crippen molar-refractivity contribution in [3.05, 3.63) is 64.4 Å². The minimum absolute atomic E-state index is 0.131. The van der Waals surface area contributed by atoms with Crippen LogP contribution in [0.2, 0.25) is 5.02 Å². The van der Waals surface area contributed by atoms with Crippen LogP contribution in [0.4, 0.5) is 4.39 Å². The summed E-state index contributed by atoms with van der Waals surface area (Å²) in [5.74, 6) is 0.174. The summed E-state index contributed by atoms with van der Waals surface area (Å²) in [6.45, 7) is 0. The van der Waals surface area contributed by atoms with E-state index >= 15 is 0 Å². The van der Waals surface area contributed by atoms with Crippen LogP contribution in [0.15, 0.2) is 47.4 Å². The third-order valence-corrected chi connectivity index (χ3v) is 3.92. The Morgan fingerprint density at radius 1 is 1.21 bits per heavy atom. The van der Waals surface area contributed by atoms with E-state index in [-0.39, 0.29) is 11.7 Å². The largest absolute Gasteiger partial charge is 0.384 e. The van der Waals surface area contributed by atoms with Gasteiger partial charge in [-0.3, -0.25) is 5.41 Å². The molecule has 0 heterocycles. The zero-order chi connectivity index (χ0) is 13.8. The summed E-state index contributed by atoms with van der Waals surface area (Å²) in [6, 6.07) is 12.0. The molecule has 0 spiro atoms. The van der Waals surface area contributed by atoms with Gasteiger partial charge in [0.1, 0.15) is 11.7 Å². The van der Waals surface area contributed by atoms with Crippen LogP contribution in [-0.2, 0) is 5.75 Å². The molecule has 0 saturated carbocycles. The third-order valence-electron chi connectivity index (χ3n) is 2.55. The summed E-state index contributed by atoms with van der Waals surface area (Å²) in [7, 11) is 0. The van der Waals surface area contributed by atoms with Crippen molar-refractivity contribution in [2.75, 3.05) is 0 Å². The first-order valence-corrected chi connectivity index (χ1v) is 6.94. The van der Waals surface area contributed by atoms with Crippen LogP contribution in [-0.4, -0.2) is 5.84 Å². The smallest absolute Gasteiger partial charge is 0.137 e. The molecule has 2 nitrogen and oxygen atoms in total. The van der Waals surface area contributed by atoms with E-state index in [1.54, 1.807) is 12.1 Å². The van der Waals surface area contributed by atoms with Crippen molar-refractivity contribution in [1.29, 1.82) is 5.41 Å². The molecule has 0 unspecified atom stereocenters. The highest BCUT2D eigenvalue weighted by Gasteiger charge is 2.06. The van der Waals surface area contributed by atoms with Gasteiger partial charge in [-0.05, 0) is 35.9 Å². The summed E-state index contributed by atoms with van der Waals surface area (Å²) < 4.78 is 13.8. The number of benzene rings is 2. The Balaban J connectivity index is 2.07. The van der Waals surface area contributed by atoms with Crippen molar-refractivity contribution in [2.24, 2.45) is 5.73 Å². The molecule has 0 aliphatic carbocycles. The normalized spacial score (nSPS) is 10.4. The van der Waals surface area contributed by atoms with E-state index in [1.807, 2.05) is 24.3 Å². The average Bonchev–Trinajstić information content (AvgIpc) is 2.39. The third kappa shape index (κ3) is 3.72. The van der Waals surface area contributed by atoms with E-state index in [1.165, 1.54) is 17.8 Å². The second-order valence-electron chi connectivity index (χ2n) is 3.97. The highest BCUT2D eigenvalue weighted by Crippen LogP contribution is 2.26. The first kappa shape index (κ1) is 13.9. The first-order valence-electron chi connectivity index (χ1n) is 5.57. The zero-order valence-electron chi connectivity index (χ0n) is 9.99. The molecule has 2 rings (SSSR count). The Morgan fingerprint density at radius 3 is 2.47 bits per heavy atom.